The summed E-state index contributed by atoms with van der Waals surface area (Å²) in [6.07, 6.45) is -4.33. The molecule has 1 heterocycles. The Kier molecular flexibility index (Phi) is 6.39. The van der Waals surface area contributed by atoms with E-state index < -0.39 is 23.7 Å². The molecule has 0 radical (unpaired) electrons. The molecular formula is C24H16ClF4NO4. The molecule has 3 aromatic carbocycles. The summed E-state index contributed by atoms with van der Waals surface area (Å²) in [6.45, 7) is -0.0208. The summed E-state index contributed by atoms with van der Waals surface area (Å²) in [5.74, 6) is -0.472. The number of hydrogen-bond acceptors (Lipinski definition) is 3. The van der Waals surface area contributed by atoms with E-state index in [1.54, 1.807) is 42.6 Å². The lowest BCUT2D eigenvalue weighted by molar-refractivity contribution is -0.137. The summed E-state index contributed by atoms with van der Waals surface area (Å²) in [5, 5.41) is 9.93. The van der Waals surface area contributed by atoms with Crippen molar-refractivity contribution in [1.29, 1.82) is 0 Å². The Labute approximate surface area is 195 Å². The van der Waals surface area contributed by atoms with Gasteiger partial charge in [-0.25, -0.2) is 9.18 Å². The first-order valence-electron chi connectivity index (χ1n) is 9.87. The number of carboxylic acid groups (broad SMARTS) is 1. The Balaban J connectivity index is 1.59. The zero-order chi connectivity index (χ0) is 24.5. The van der Waals surface area contributed by atoms with E-state index >= 15 is 0 Å². The molecule has 4 rings (SSSR count). The summed E-state index contributed by atoms with van der Waals surface area (Å²) >= 11 is 6.14. The summed E-state index contributed by atoms with van der Waals surface area (Å²) in [4.78, 5) is 10.9. The fraction of sp³-hybridized carbons (Fsp3) is 0.125. The molecule has 0 bridgehead atoms. The van der Waals surface area contributed by atoms with Crippen molar-refractivity contribution in [3.8, 4) is 11.5 Å². The van der Waals surface area contributed by atoms with Gasteiger partial charge in [-0.3, -0.25) is 0 Å². The summed E-state index contributed by atoms with van der Waals surface area (Å²) < 4.78 is 64.9. The number of ether oxygens (including phenoxy) is 2. The molecule has 4 aromatic rings. The molecule has 0 saturated carbocycles. The standard InChI is InChI=1S/C24H16ClF4NO4/c25-17-6-7-21(33-13-14-4-5-16(11-19(14)26)24(27,28)29)15(10-17)12-30-9-8-18-20(30)2-1-3-22(18)34-23(31)32/h1-11H,12-13H2,(H,31,32). The van der Waals surface area contributed by atoms with Crippen molar-refractivity contribution in [2.75, 3.05) is 0 Å². The van der Waals surface area contributed by atoms with Gasteiger partial charge in [-0.15, -0.1) is 0 Å². The Hall–Kier alpha value is -3.72. The van der Waals surface area contributed by atoms with Crippen molar-refractivity contribution in [2.45, 2.75) is 19.3 Å². The first-order valence-corrected chi connectivity index (χ1v) is 10.2. The van der Waals surface area contributed by atoms with Gasteiger partial charge in [-0.2, -0.15) is 13.2 Å². The Morgan fingerprint density at radius 2 is 1.79 bits per heavy atom. The zero-order valence-electron chi connectivity index (χ0n) is 17.3. The number of benzene rings is 3. The van der Waals surface area contributed by atoms with Gasteiger partial charge in [0.2, 0.25) is 0 Å². The van der Waals surface area contributed by atoms with Crippen LogP contribution in [-0.4, -0.2) is 15.8 Å². The largest absolute Gasteiger partial charge is 0.511 e. The van der Waals surface area contributed by atoms with Crippen LogP contribution in [0.15, 0.2) is 66.9 Å². The molecule has 10 heteroatoms. The summed E-state index contributed by atoms with van der Waals surface area (Å²) in [5.41, 5.74) is 0.211. The van der Waals surface area contributed by atoms with Crippen molar-refractivity contribution >= 4 is 28.7 Å². The molecule has 0 atom stereocenters. The van der Waals surface area contributed by atoms with Crippen LogP contribution in [0.5, 0.6) is 11.5 Å². The van der Waals surface area contributed by atoms with E-state index in [0.717, 1.165) is 12.1 Å². The van der Waals surface area contributed by atoms with Crippen LogP contribution in [0.2, 0.25) is 5.02 Å². The van der Waals surface area contributed by atoms with Gasteiger partial charge in [0, 0.05) is 27.7 Å². The molecule has 0 fully saturated rings. The van der Waals surface area contributed by atoms with E-state index in [4.69, 9.17) is 26.2 Å². The van der Waals surface area contributed by atoms with E-state index in [2.05, 4.69) is 0 Å². The van der Waals surface area contributed by atoms with E-state index in [0.29, 0.717) is 33.3 Å². The van der Waals surface area contributed by atoms with Gasteiger partial charge in [0.25, 0.3) is 0 Å². The molecule has 5 nitrogen and oxygen atoms in total. The van der Waals surface area contributed by atoms with Crippen molar-refractivity contribution in [3.05, 3.63) is 94.4 Å². The minimum absolute atomic E-state index is 0.0317. The maximum atomic E-state index is 14.2. The predicted octanol–water partition coefficient (Wildman–Crippen LogP) is 7.14. The number of carbonyl (C=O) groups is 1. The molecule has 0 aliphatic heterocycles. The maximum absolute atomic E-state index is 14.2. The first kappa shape index (κ1) is 23.4. The third kappa shape index (κ3) is 5.09. The second-order valence-electron chi connectivity index (χ2n) is 7.35. The monoisotopic (exact) mass is 493 g/mol. The highest BCUT2D eigenvalue weighted by atomic mass is 35.5. The molecule has 1 aromatic heterocycles. The highest BCUT2D eigenvalue weighted by Gasteiger charge is 2.31. The topological polar surface area (TPSA) is 60.7 Å². The SMILES string of the molecule is O=C(O)Oc1cccc2c1ccn2Cc1cc(Cl)ccc1OCc1ccc(C(F)(F)F)cc1F. The quantitative estimate of drug-likeness (QED) is 0.176. The van der Waals surface area contributed by atoms with Crippen LogP contribution in [-0.2, 0) is 19.3 Å². The molecule has 0 unspecified atom stereocenters. The summed E-state index contributed by atoms with van der Waals surface area (Å²) in [6, 6.07) is 13.8. The van der Waals surface area contributed by atoms with Crippen LogP contribution in [0, 0.1) is 5.82 Å². The van der Waals surface area contributed by atoms with Gasteiger partial charge < -0.3 is 19.1 Å². The van der Waals surface area contributed by atoms with Crippen molar-refractivity contribution in [1.82, 2.24) is 4.57 Å². The van der Waals surface area contributed by atoms with Gasteiger partial charge in [0.1, 0.15) is 23.9 Å². The third-order valence-corrected chi connectivity index (χ3v) is 5.33. The van der Waals surface area contributed by atoms with Gasteiger partial charge in [-0.05, 0) is 48.5 Å². The highest BCUT2D eigenvalue weighted by Crippen LogP contribution is 2.32. The molecule has 0 saturated heterocycles. The molecule has 34 heavy (non-hydrogen) atoms. The lowest BCUT2D eigenvalue weighted by Gasteiger charge is -2.15. The molecule has 0 spiro atoms. The number of halogens is 5. The number of nitrogens with zero attached hydrogens (tertiary/aromatic N) is 1. The van der Waals surface area contributed by atoms with E-state index in [9.17, 15) is 22.4 Å². The van der Waals surface area contributed by atoms with Gasteiger partial charge in [0.05, 0.1) is 17.6 Å². The van der Waals surface area contributed by atoms with E-state index in [-0.39, 0.29) is 24.5 Å². The number of fused-ring (bicyclic) bond motifs is 1. The van der Waals surface area contributed by atoms with E-state index in [1.165, 1.54) is 6.07 Å². The molecule has 0 amide bonds. The van der Waals surface area contributed by atoms with Gasteiger partial charge in [0.15, 0.2) is 0 Å². The van der Waals surface area contributed by atoms with Crippen molar-refractivity contribution < 1.29 is 36.9 Å². The average molecular weight is 494 g/mol. The molecule has 1 N–H and O–H groups in total. The van der Waals surface area contributed by atoms with Crippen LogP contribution in [0.25, 0.3) is 10.9 Å². The van der Waals surface area contributed by atoms with E-state index in [1.807, 2.05) is 4.57 Å². The smallest absolute Gasteiger partial charge is 0.488 e. The van der Waals surface area contributed by atoms with Crippen LogP contribution >= 0.6 is 11.6 Å². The normalized spacial score (nSPS) is 11.6. The number of hydrogen-bond donors (Lipinski definition) is 1. The molecule has 0 aliphatic rings. The van der Waals surface area contributed by atoms with Crippen molar-refractivity contribution in [2.24, 2.45) is 0 Å². The van der Waals surface area contributed by atoms with Crippen LogP contribution in [0.1, 0.15) is 16.7 Å². The fourth-order valence-electron chi connectivity index (χ4n) is 3.51. The maximum Gasteiger partial charge on any atom is 0.511 e. The van der Waals surface area contributed by atoms with Crippen molar-refractivity contribution in [3.63, 3.8) is 0 Å². The van der Waals surface area contributed by atoms with Gasteiger partial charge in [-0.1, -0.05) is 23.7 Å². The molecular weight excluding hydrogens is 478 g/mol. The second kappa shape index (κ2) is 9.26. The van der Waals surface area contributed by atoms with Crippen LogP contribution in [0.3, 0.4) is 0 Å². The third-order valence-electron chi connectivity index (χ3n) is 5.10. The Morgan fingerprint density at radius 3 is 2.50 bits per heavy atom. The molecule has 0 aliphatic carbocycles. The zero-order valence-corrected chi connectivity index (χ0v) is 18.0. The average Bonchev–Trinajstić information content (AvgIpc) is 3.17. The molecule has 176 valence electrons. The Morgan fingerprint density at radius 1 is 1.00 bits per heavy atom. The second-order valence-corrected chi connectivity index (χ2v) is 7.78. The Bertz CT molecular complexity index is 1370. The lowest BCUT2D eigenvalue weighted by Crippen LogP contribution is -2.08. The predicted molar refractivity (Wildman–Crippen MR) is 117 cm³/mol. The number of alkyl halides is 3. The number of rotatable bonds is 6. The lowest BCUT2D eigenvalue weighted by atomic mass is 10.1. The minimum atomic E-state index is -4.64. The highest BCUT2D eigenvalue weighted by molar-refractivity contribution is 6.30. The van der Waals surface area contributed by atoms with Gasteiger partial charge >= 0.3 is 12.3 Å². The van der Waals surface area contributed by atoms with Crippen LogP contribution in [0.4, 0.5) is 22.4 Å². The minimum Gasteiger partial charge on any atom is -0.488 e. The first-order chi connectivity index (χ1) is 16.1. The summed E-state index contributed by atoms with van der Waals surface area (Å²) in [7, 11) is 0. The number of aromatic nitrogens is 1. The fourth-order valence-corrected chi connectivity index (χ4v) is 3.70. The van der Waals surface area contributed by atoms with Crippen LogP contribution < -0.4 is 9.47 Å².